The second-order valence-corrected chi connectivity index (χ2v) is 5.29. The highest BCUT2D eigenvalue weighted by molar-refractivity contribution is 9.12. The first-order chi connectivity index (χ1) is 7.24. The van der Waals surface area contributed by atoms with Gasteiger partial charge in [-0.2, -0.15) is 0 Å². The van der Waals surface area contributed by atoms with Gasteiger partial charge in [-0.25, -0.2) is 0 Å². The highest BCUT2D eigenvalue weighted by Gasteiger charge is 2.15. The number of halogens is 1. The molecule has 0 spiro atoms. The number of carbonyl (C=O) groups is 1. The maximum Gasteiger partial charge on any atom is 0.169 e. The summed E-state index contributed by atoms with van der Waals surface area (Å²) < 4.78 is 0.825. The predicted octanol–water partition coefficient (Wildman–Crippen LogP) is 4.60. The molecule has 0 aliphatic heterocycles. The van der Waals surface area contributed by atoms with Gasteiger partial charge in [0.25, 0.3) is 0 Å². The lowest BCUT2D eigenvalue weighted by molar-refractivity contribution is -0.115. The average Bonchev–Trinajstić information content (AvgIpc) is 2.70. The van der Waals surface area contributed by atoms with Gasteiger partial charge < -0.3 is 0 Å². The summed E-state index contributed by atoms with van der Waals surface area (Å²) in [5, 5.41) is 0. The fraction of sp³-hybridized carbons (Fsp3) is 0.769. The molecule has 0 bridgehead atoms. The Kier molecular flexibility index (Phi) is 6.23. The number of hydrogen-bond donors (Lipinski definition) is 0. The third-order valence-electron chi connectivity index (χ3n) is 3.06. The van der Waals surface area contributed by atoms with Gasteiger partial charge in [-0.3, -0.25) is 4.79 Å². The van der Waals surface area contributed by atoms with Gasteiger partial charge in [0.2, 0.25) is 0 Å². The van der Waals surface area contributed by atoms with Crippen LogP contribution in [-0.4, -0.2) is 5.78 Å². The molecule has 0 amide bonds. The summed E-state index contributed by atoms with van der Waals surface area (Å²) in [5.74, 6) is 0.935. The molecule has 0 aromatic carbocycles. The first kappa shape index (κ1) is 13.0. The zero-order valence-electron chi connectivity index (χ0n) is 9.60. The van der Waals surface area contributed by atoms with Crippen LogP contribution < -0.4 is 0 Å². The van der Waals surface area contributed by atoms with Gasteiger partial charge in [-0.1, -0.05) is 38.7 Å². The first-order valence-corrected chi connectivity index (χ1v) is 6.94. The summed E-state index contributed by atoms with van der Waals surface area (Å²) >= 11 is 3.42. The minimum atomic E-state index is 0.287. The lowest BCUT2D eigenvalue weighted by atomic mass is 10.1. The molecule has 1 aliphatic rings. The summed E-state index contributed by atoms with van der Waals surface area (Å²) in [7, 11) is 0. The average molecular weight is 273 g/mol. The van der Waals surface area contributed by atoms with Gasteiger partial charge in [0.15, 0.2) is 5.78 Å². The largest absolute Gasteiger partial charge is 0.294 e. The fourth-order valence-electron chi connectivity index (χ4n) is 2.08. The van der Waals surface area contributed by atoms with E-state index >= 15 is 0 Å². The highest BCUT2D eigenvalue weighted by Crippen LogP contribution is 2.28. The molecule has 0 N–H and O–H groups in total. The SMILES string of the molecule is CCCCCC(=O)/C(Br)=C/C1CCCC1. The fourth-order valence-corrected chi connectivity index (χ4v) is 2.65. The molecule has 1 aliphatic carbocycles. The zero-order valence-corrected chi connectivity index (χ0v) is 11.2. The molecule has 15 heavy (non-hydrogen) atoms. The highest BCUT2D eigenvalue weighted by atomic mass is 79.9. The van der Waals surface area contributed by atoms with Crippen LogP contribution in [0.4, 0.5) is 0 Å². The Morgan fingerprint density at radius 2 is 2.00 bits per heavy atom. The Labute approximate surface area is 101 Å². The molecule has 0 saturated heterocycles. The van der Waals surface area contributed by atoms with E-state index in [1.54, 1.807) is 0 Å². The number of ketones is 1. The molecule has 2 heteroatoms. The van der Waals surface area contributed by atoms with E-state index in [1.165, 1.54) is 32.1 Å². The second kappa shape index (κ2) is 7.21. The van der Waals surface area contributed by atoms with E-state index in [2.05, 4.69) is 28.9 Å². The molecule has 0 radical (unpaired) electrons. The van der Waals surface area contributed by atoms with Crippen LogP contribution >= 0.6 is 15.9 Å². The van der Waals surface area contributed by atoms with Crippen molar-refractivity contribution in [1.29, 1.82) is 0 Å². The summed E-state index contributed by atoms with van der Waals surface area (Å²) in [5.41, 5.74) is 0. The van der Waals surface area contributed by atoms with Crippen molar-refractivity contribution in [2.75, 3.05) is 0 Å². The van der Waals surface area contributed by atoms with Crippen molar-refractivity contribution < 1.29 is 4.79 Å². The maximum absolute atomic E-state index is 11.7. The molecule has 1 fully saturated rings. The van der Waals surface area contributed by atoms with Crippen LogP contribution in [0.3, 0.4) is 0 Å². The van der Waals surface area contributed by atoms with Crippen LogP contribution in [0.25, 0.3) is 0 Å². The van der Waals surface area contributed by atoms with E-state index in [0.29, 0.717) is 12.3 Å². The zero-order chi connectivity index (χ0) is 11.1. The topological polar surface area (TPSA) is 17.1 Å². The van der Waals surface area contributed by atoms with E-state index in [9.17, 15) is 4.79 Å². The van der Waals surface area contributed by atoms with Crippen molar-refractivity contribution in [2.45, 2.75) is 58.3 Å². The Hall–Kier alpha value is -0.110. The molecule has 0 unspecified atom stereocenters. The Balaban J connectivity index is 2.30. The monoisotopic (exact) mass is 272 g/mol. The number of Topliss-reactive ketones (excluding diaryl/α,β-unsaturated/α-hetero) is 1. The van der Waals surface area contributed by atoms with E-state index in [1.807, 2.05) is 0 Å². The standard InChI is InChI=1S/C13H21BrO/c1-2-3-4-9-13(15)12(14)10-11-7-5-6-8-11/h10-11H,2-9H2,1H3/b12-10-. The van der Waals surface area contributed by atoms with Gasteiger partial charge in [0, 0.05) is 6.42 Å². The van der Waals surface area contributed by atoms with Crippen molar-refractivity contribution in [3.8, 4) is 0 Å². The minimum absolute atomic E-state index is 0.287. The van der Waals surface area contributed by atoms with Crippen molar-refractivity contribution in [2.24, 2.45) is 5.92 Å². The van der Waals surface area contributed by atoms with Crippen LogP contribution in [0.1, 0.15) is 58.3 Å². The van der Waals surface area contributed by atoms with E-state index in [0.717, 1.165) is 17.3 Å². The molecule has 1 saturated carbocycles. The Morgan fingerprint density at radius 1 is 1.33 bits per heavy atom. The molecular weight excluding hydrogens is 252 g/mol. The van der Waals surface area contributed by atoms with Crippen LogP contribution in [0, 0.1) is 5.92 Å². The van der Waals surface area contributed by atoms with Crippen molar-refractivity contribution in [3.05, 3.63) is 10.6 Å². The molecular formula is C13H21BrO. The molecule has 1 rings (SSSR count). The van der Waals surface area contributed by atoms with Gasteiger partial charge in [-0.15, -0.1) is 0 Å². The van der Waals surface area contributed by atoms with Gasteiger partial charge in [0.1, 0.15) is 0 Å². The predicted molar refractivity (Wildman–Crippen MR) is 68.1 cm³/mol. The molecule has 0 heterocycles. The summed E-state index contributed by atoms with van der Waals surface area (Å²) in [6, 6.07) is 0. The number of allylic oxidation sites excluding steroid dienone is 2. The maximum atomic E-state index is 11.7. The minimum Gasteiger partial charge on any atom is -0.294 e. The van der Waals surface area contributed by atoms with Crippen molar-refractivity contribution in [1.82, 2.24) is 0 Å². The third-order valence-corrected chi connectivity index (χ3v) is 3.76. The first-order valence-electron chi connectivity index (χ1n) is 6.14. The molecule has 0 atom stereocenters. The van der Waals surface area contributed by atoms with Crippen LogP contribution in [0.2, 0.25) is 0 Å². The van der Waals surface area contributed by atoms with Crippen LogP contribution in [0.15, 0.2) is 10.6 Å². The number of rotatable bonds is 6. The van der Waals surface area contributed by atoms with Gasteiger partial charge >= 0.3 is 0 Å². The van der Waals surface area contributed by atoms with Crippen LogP contribution in [0.5, 0.6) is 0 Å². The number of unbranched alkanes of at least 4 members (excludes halogenated alkanes) is 2. The normalized spacial score (nSPS) is 18.4. The van der Waals surface area contributed by atoms with Crippen LogP contribution in [-0.2, 0) is 4.79 Å². The summed E-state index contributed by atoms with van der Waals surface area (Å²) in [4.78, 5) is 11.7. The molecule has 0 aromatic rings. The van der Waals surface area contributed by atoms with Gasteiger partial charge in [-0.05, 0) is 41.1 Å². The lowest BCUT2D eigenvalue weighted by Gasteiger charge is -2.03. The van der Waals surface area contributed by atoms with Crippen molar-refractivity contribution in [3.63, 3.8) is 0 Å². The number of carbonyl (C=O) groups excluding carboxylic acids is 1. The Bertz CT molecular complexity index is 227. The van der Waals surface area contributed by atoms with E-state index in [4.69, 9.17) is 0 Å². The smallest absolute Gasteiger partial charge is 0.169 e. The lowest BCUT2D eigenvalue weighted by Crippen LogP contribution is -1.99. The summed E-state index contributed by atoms with van der Waals surface area (Å²) in [6.45, 7) is 2.16. The van der Waals surface area contributed by atoms with E-state index < -0.39 is 0 Å². The van der Waals surface area contributed by atoms with Gasteiger partial charge in [0.05, 0.1) is 4.48 Å². The van der Waals surface area contributed by atoms with E-state index in [-0.39, 0.29) is 5.78 Å². The summed E-state index contributed by atoms with van der Waals surface area (Å²) in [6.07, 6.45) is 11.4. The number of hydrogen-bond acceptors (Lipinski definition) is 1. The second-order valence-electron chi connectivity index (χ2n) is 4.44. The molecule has 1 nitrogen and oxygen atoms in total. The quantitative estimate of drug-likeness (QED) is 0.510. The molecule has 86 valence electrons. The van der Waals surface area contributed by atoms with Crippen molar-refractivity contribution >= 4 is 21.7 Å². The Morgan fingerprint density at radius 3 is 2.60 bits per heavy atom. The third kappa shape index (κ3) is 4.96. The molecule has 0 aromatic heterocycles.